The van der Waals surface area contributed by atoms with E-state index in [0.717, 1.165) is 0 Å². The number of aromatic nitrogens is 4. The number of hydrogen-bond acceptors (Lipinski definition) is 8. The van der Waals surface area contributed by atoms with Crippen LogP contribution in [0.3, 0.4) is 0 Å². The van der Waals surface area contributed by atoms with Crippen molar-refractivity contribution < 1.29 is 28.2 Å². The number of benzene rings is 2. The first-order valence-corrected chi connectivity index (χ1v) is 11.5. The zero-order chi connectivity index (χ0) is 25.2. The van der Waals surface area contributed by atoms with Crippen molar-refractivity contribution >= 4 is 46.3 Å². The van der Waals surface area contributed by atoms with Gasteiger partial charge >= 0.3 is 11.9 Å². The van der Waals surface area contributed by atoms with E-state index in [9.17, 15) is 9.59 Å². The van der Waals surface area contributed by atoms with Crippen LogP contribution in [0.15, 0.2) is 67.0 Å². The Morgan fingerprint density at radius 1 is 0.972 bits per heavy atom. The molecule has 4 atom stereocenters. The van der Waals surface area contributed by atoms with E-state index in [4.69, 9.17) is 37.4 Å². The molecule has 3 heterocycles. The minimum absolute atomic E-state index is 0.0162. The highest BCUT2D eigenvalue weighted by molar-refractivity contribution is 6.35. The maximum atomic E-state index is 15.8. The second-order valence-electron chi connectivity index (χ2n) is 7.82. The van der Waals surface area contributed by atoms with Crippen molar-refractivity contribution in [2.24, 2.45) is 0 Å². The fourth-order valence-electron chi connectivity index (χ4n) is 3.82. The first-order chi connectivity index (χ1) is 17.4. The van der Waals surface area contributed by atoms with E-state index < -0.39 is 36.5 Å². The summed E-state index contributed by atoms with van der Waals surface area (Å²) in [6, 6.07) is 16.4. The van der Waals surface area contributed by atoms with Crippen LogP contribution in [0.1, 0.15) is 26.9 Å². The molecule has 12 heteroatoms. The van der Waals surface area contributed by atoms with Gasteiger partial charge in [0.1, 0.15) is 18.2 Å². The van der Waals surface area contributed by atoms with Gasteiger partial charge in [-0.15, -0.1) is 0 Å². The van der Waals surface area contributed by atoms with Crippen molar-refractivity contribution in [2.45, 2.75) is 24.6 Å². The molecule has 0 saturated carbocycles. The Kier molecular flexibility index (Phi) is 6.82. The highest BCUT2D eigenvalue weighted by Gasteiger charge is 2.50. The molecule has 1 fully saturated rings. The van der Waals surface area contributed by atoms with E-state index in [2.05, 4.69) is 15.0 Å². The van der Waals surface area contributed by atoms with E-state index in [-0.39, 0.29) is 33.8 Å². The molecular formula is C24H17Cl2FN4O5. The first-order valence-electron chi connectivity index (χ1n) is 10.8. The monoisotopic (exact) mass is 530 g/mol. The summed E-state index contributed by atoms with van der Waals surface area (Å²) < 4.78 is 33.8. The summed E-state index contributed by atoms with van der Waals surface area (Å²) in [5.41, 5.74) is 0.854. The number of carbonyl (C=O) groups is 2. The highest BCUT2D eigenvalue weighted by Crippen LogP contribution is 2.37. The topological polar surface area (TPSA) is 105 Å². The second kappa shape index (κ2) is 10.2. The SMILES string of the molecule is O=C(OC[C@H]1O[C@H](n2cnc3c(Cl)nc(Cl)nc32)[C@@H](F)[C@@H]1OC(=O)c1ccccc1)c1ccccc1. The molecule has 0 spiro atoms. The molecule has 36 heavy (non-hydrogen) atoms. The van der Waals surface area contributed by atoms with Crippen LogP contribution in [0.2, 0.25) is 10.4 Å². The van der Waals surface area contributed by atoms with Crippen LogP contribution in [0, 0.1) is 0 Å². The standard InChI is InChI=1S/C24H17Cl2FN4O5/c25-19-17-20(30-24(26)29-19)31(12-28-17)21-16(27)18(36-23(33)14-9-5-2-6-10-14)15(35-21)11-34-22(32)13-7-3-1-4-8-13/h1-10,12,15-16,18,21H,11H2/t15-,16+,18-,21+/m1/s1. The van der Waals surface area contributed by atoms with E-state index in [1.165, 1.54) is 23.0 Å². The van der Waals surface area contributed by atoms with Crippen LogP contribution >= 0.6 is 23.2 Å². The molecule has 1 saturated heterocycles. The van der Waals surface area contributed by atoms with Gasteiger partial charge in [-0.25, -0.2) is 23.9 Å². The zero-order valence-corrected chi connectivity index (χ0v) is 19.8. The summed E-state index contributed by atoms with van der Waals surface area (Å²) in [6.07, 6.45) is -4.46. The molecule has 1 aliphatic heterocycles. The molecule has 1 aliphatic rings. The van der Waals surface area contributed by atoms with Crippen molar-refractivity contribution in [2.75, 3.05) is 6.61 Å². The third kappa shape index (κ3) is 4.75. The van der Waals surface area contributed by atoms with Crippen molar-refractivity contribution in [1.29, 1.82) is 0 Å². The Hall–Kier alpha value is -3.60. The number of hydrogen-bond donors (Lipinski definition) is 0. The second-order valence-corrected chi connectivity index (χ2v) is 8.51. The van der Waals surface area contributed by atoms with Crippen LogP contribution in [0.4, 0.5) is 4.39 Å². The average molecular weight is 531 g/mol. The molecule has 4 aromatic rings. The number of imidazole rings is 1. The van der Waals surface area contributed by atoms with Gasteiger partial charge in [-0.2, -0.15) is 4.98 Å². The fraction of sp³-hybridized carbons (Fsp3) is 0.208. The minimum Gasteiger partial charge on any atom is -0.459 e. The first kappa shape index (κ1) is 24.1. The van der Waals surface area contributed by atoms with Crippen LogP contribution in [-0.4, -0.2) is 56.4 Å². The van der Waals surface area contributed by atoms with E-state index >= 15 is 4.39 Å². The van der Waals surface area contributed by atoms with Crippen molar-refractivity contribution in [3.8, 4) is 0 Å². The summed E-state index contributed by atoms with van der Waals surface area (Å²) >= 11 is 12.0. The molecule has 2 aromatic heterocycles. The normalized spacial score (nSPS) is 21.4. The summed E-state index contributed by atoms with van der Waals surface area (Å²) in [6.45, 7) is -0.374. The van der Waals surface area contributed by atoms with Crippen LogP contribution < -0.4 is 0 Å². The third-order valence-corrected chi connectivity index (χ3v) is 5.97. The average Bonchev–Trinajstić information content (AvgIpc) is 3.44. The van der Waals surface area contributed by atoms with Gasteiger partial charge in [-0.1, -0.05) is 48.0 Å². The smallest absolute Gasteiger partial charge is 0.338 e. The van der Waals surface area contributed by atoms with Crippen LogP contribution in [-0.2, 0) is 14.2 Å². The number of ether oxygens (including phenoxy) is 3. The molecule has 2 aromatic carbocycles. The molecule has 0 unspecified atom stereocenters. The van der Waals surface area contributed by atoms with Gasteiger partial charge in [0.2, 0.25) is 5.28 Å². The lowest BCUT2D eigenvalue weighted by molar-refractivity contribution is -0.0570. The number of esters is 2. The number of fused-ring (bicyclic) bond motifs is 1. The Balaban J connectivity index is 1.42. The van der Waals surface area contributed by atoms with Crippen LogP contribution in [0.5, 0.6) is 0 Å². The van der Waals surface area contributed by atoms with E-state index in [0.29, 0.717) is 5.56 Å². The molecule has 5 rings (SSSR count). The fourth-order valence-corrected chi connectivity index (χ4v) is 4.24. The molecule has 9 nitrogen and oxygen atoms in total. The molecule has 0 amide bonds. The lowest BCUT2D eigenvalue weighted by Gasteiger charge is -2.19. The highest BCUT2D eigenvalue weighted by atomic mass is 35.5. The van der Waals surface area contributed by atoms with Crippen molar-refractivity contribution in [3.63, 3.8) is 0 Å². The van der Waals surface area contributed by atoms with Crippen molar-refractivity contribution in [3.05, 3.63) is 88.6 Å². The number of rotatable bonds is 6. The Morgan fingerprint density at radius 2 is 1.61 bits per heavy atom. The lowest BCUT2D eigenvalue weighted by atomic mass is 10.1. The van der Waals surface area contributed by atoms with Gasteiger partial charge in [0, 0.05) is 0 Å². The van der Waals surface area contributed by atoms with E-state index in [1.54, 1.807) is 48.5 Å². The lowest BCUT2D eigenvalue weighted by Crippen LogP contribution is -2.37. The van der Waals surface area contributed by atoms with Gasteiger partial charge in [0.15, 0.2) is 29.3 Å². The summed E-state index contributed by atoms with van der Waals surface area (Å²) in [4.78, 5) is 37.2. The van der Waals surface area contributed by atoms with Gasteiger partial charge in [0.25, 0.3) is 0 Å². The van der Waals surface area contributed by atoms with Gasteiger partial charge in [0.05, 0.1) is 17.5 Å². The summed E-state index contributed by atoms with van der Waals surface area (Å²) in [7, 11) is 0. The van der Waals surface area contributed by atoms with Gasteiger partial charge in [-0.05, 0) is 35.9 Å². The summed E-state index contributed by atoms with van der Waals surface area (Å²) in [5.74, 6) is -1.39. The number of alkyl halides is 1. The molecule has 0 aliphatic carbocycles. The molecule has 184 valence electrons. The Bertz CT molecular complexity index is 1410. The zero-order valence-electron chi connectivity index (χ0n) is 18.3. The quantitative estimate of drug-likeness (QED) is 0.204. The van der Waals surface area contributed by atoms with Crippen molar-refractivity contribution in [1.82, 2.24) is 19.5 Å². The maximum absolute atomic E-state index is 15.8. The largest absolute Gasteiger partial charge is 0.459 e. The minimum atomic E-state index is -1.87. The van der Waals surface area contributed by atoms with Gasteiger partial charge < -0.3 is 14.2 Å². The molecule has 0 N–H and O–H groups in total. The third-order valence-electron chi connectivity index (χ3n) is 5.53. The molecule has 0 radical (unpaired) electrons. The Labute approximate surface area is 213 Å². The predicted octanol–water partition coefficient (Wildman–Crippen LogP) is 4.45. The molecular weight excluding hydrogens is 514 g/mol. The Morgan fingerprint density at radius 3 is 2.28 bits per heavy atom. The molecule has 0 bridgehead atoms. The van der Waals surface area contributed by atoms with Crippen LogP contribution in [0.25, 0.3) is 11.2 Å². The summed E-state index contributed by atoms with van der Waals surface area (Å²) in [5, 5.41) is -0.180. The maximum Gasteiger partial charge on any atom is 0.338 e. The number of halogens is 3. The number of carbonyl (C=O) groups excluding carboxylic acids is 2. The number of nitrogens with zero attached hydrogens (tertiary/aromatic N) is 4. The van der Waals surface area contributed by atoms with E-state index in [1.807, 2.05) is 0 Å². The van der Waals surface area contributed by atoms with Gasteiger partial charge in [-0.3, -0.25) is 4.57 Å². The predicted molar refractivity (Wildman–Crippen MR) is 127 cm³/mol.